The monoisotopic (exact) mass is 264 g/mol. The third-order valence-corrected chi connectivity index (χ3v) is 2.59. The van der Waals surface area contributed by atoms with Gasteiger partial charge in [-0.3, -0.25) is 0 Å². The van der Waals surface area contributed by atoms with Crippen LogP contribution in [0.3, 0.4) is 0 Å². The highest BCUT2D eigenvalue weighted by Gasteiger charge is 2.34. The van der Waals surface area contributed by atoms with Crippen molar-refractivity contribution in [1.29, 1.82) is 0 Å². The Kier molecular flexibility index (Phi) is 4.00. The molecule has 1 aromatic heterocycles. The van der Waals surface area contributed by atoms with Crippen LogP contribution in [0.1, 0.15) is 26.0 Å². The van der Waals surface area contributed by atoms with Crippen LogP contribution in [-0.4, -0.2) is 27.2 Å². The summed E-state index contributed by atoms with van der Waals surface area (Å²) in [6.45, 7) is 3.21. The standard InChI is InChI=1S/C10H15F3N4O/c1-3-9(2,5-18)17-7-4-6(10(11,12)13)15-8(14)16-7/h4,18H,3,5H2,1-2H3,(H3,14,15,16,17). The van der Waals surface area contributed by atoms with Crippen LogP contribution in [0.25, 0.3) is 0 Å². The van der Waals surface area contributed by atoms with E-state index < -0.39 is 23.4 Å². The van der Waals surface area contributed by atoms with Crippen LogP contribution in [0, 0.1) is 0 Å². The number of aliphatic hydroxyl groups excluding tert-OH is 1. The molecule has 0 fully saturated rings. The van der Waals surface area contributed by atoms with Crippen LogP contribution in [-0.2, 0) is 6.18 Å². The minimum atomic E-state index is -4.59. The lowest BCUT2D eigenvalue weighted by Gasteiger charge is -2.28. The predicted molar refractivity (Wildman–Crippen MR) is 60.9 cm³/mol. The summed E-state index contributed by atoms with van der Waals surface area (Å²) in [6, 6.07) is 0.764. The zero-order valence-corrected chi connectivity index (χ0v) is 10.0. The minimum Gasteiger partial charge on any atom is -0.394 e. The molecular formula is C10H15F3N4O. The van der Waals surface area contributed by atoms with E-state index in [1.807, 2.05) is 0 Å². The number of rotatable bonds is 4. The molecule has 1 unspecified atom stereocenters. The quantitative estimate of drug-likeness (QED) is 0.770. The van der Waals surface area contributed by atoms with Crippen LogP contribution >= 0.6 is 0 Å². The fourth-order valence-electron chi connectivity index (χ4n) is 1.22. The van der Waals surface area contributed by atoms with Gasteiger partial charge in [-0.05, 0) is 13.3 Å². The highest BCUT2D eigenvalue weighted by Crippen LogP contribution is 2.30. The second kappa shape index (κ2) is 4.97. The Labute approximate surface area is 102 Å². The molecule has 1 aromatic rings. The maximum atomic E-state index is 12.5. The van der Waals surface area contributed by atoms with E-state index in [9.17, 15) is 18.3 Å². The molecule has 0 radical (unpaired) electrons. The Bertz CT molecular complexity index is 418. The third kappa shape index (κ3) is 3.46. The second-order valence-electron chi connectivity index (χ2n) is 4.19. The Morgan fingerprint density at radius 3 is 2.44 bits per heavy atom. The maximum Gasteiger partial charge on any atom is 0.433 e. The number of hydrogen-bond donors (Lipinski definition) is 3. The highest BCUT2D eigenvalue weighted by atomic mass is 19.4. The number of nitrogens with one attached hydrogen (secondary N) is 1. The topological polar surface area (TPSA) is 84.1 Å². The summed E-state index contributed by atoms with van der Waals surface area (Å²) >= 11 is 0. The van der Waals surface area contributed by atoms with Crippen molar-refractivity contribution in [2.24, 2.45) is 0 Å². The molecule has 4 N–H and O–H groups in total. The largest absolute Gasteiger partial charge is 0.433 e. The lowest BCUT2D eigenvalue weighted by Crippen LogP contribution is -2.38. The van der Waals surface area contributed by atoms with Crippen molar-refractivity contribution in [2.45, 2.75) is 32.0 Å². The van der Waals surface area contributed by atoms with E-state index in [1.165, 1.54) is 0 Å². The maximum absolute atomic E-state index is 12.5. The van der Waals surface area contributed by atoms with Gasteiger partial charge in [0.1, 0.15) is 5.82 Å². The van der Waals surface area contributed by atoms with Crippen molar-refractivity contribution in [3.05, 3.63) is 11.8 Å². The lowest BCUT2D eigenvalue weighted by molar-refractivity contribution is -0.141. The summed E-state index contributed by atoms with van der Waals surface area (Å²) in [5, 5.41) is 11.9. The molecule has 0 saturated carbocycles. The van der Waals surface area contributed by atoms with Crippen molar-refractivity contribution < 1.29 is 18.3 Å². The predicted octanol–water partition coefficient (Wildman–Crippen LogP) is 1.65. The molecule has 0 bridgehead atoms. The van der Waals surface area contributed by atoms with E-state index in [0.29, 0.717) is 6.42 Å². The molecule has 18 heavy (non-hydrogen) atoms. The lowest BCUT2D eigenvalue weighted by atomic mass is 10.0. The molecule has 0 amide bonds. The third-order valence-electron chi connectivity index (χ3n) is 2.59. The molecule has 1 atom stereocenters. The van der Waals surface area contributed by atoms with Crippen LogP contribution in [0.4, 0.5) is 24.9 Å². The summed E-state index contributed by atoms with van der Waals surface area (Å²) in [5.74, 6) is -0.531. The molecule has 1 heterocycles. The molecule has 1 rings (SSSR count). The van der Waals surface area contributed by atoms with E-state index in [2.05, 4.69) is 15.3 Å². The smallest absolute Gasteiger partial charge is 0.394 e. The van der Waals surface area contributed by atoms with Gasteiger partial charge in [0, 0.05) is 6.07 Å². The van der Waals surface area contributed by atoms with E-state index in [-0.39, 0.29) is 12.4 Å². The summed E-state index contributed by atoms with van der Waals surface area (Å²) < 4.78 is 37.6. The van der Waals surface area contributed by atoms with Crippen LogP contribution in [0.15, 0.2) is 6.07 Å². The Morgan fingerprint density at radius 1 is 1.39 bits per heavy atom. The van der Waals surface area contributed by atoms with Gasteiger partial charge in [0.25, 0.3) is 0 Å². The molecule has 0 aliphatic carbocycles. The number of alkyl halides is 3. The summed E-state index contributed by atoms with van der Waals surface area (Å²) in [5.41, 5.74) is 3.36. The van der Waals surface area contributed by atoms with Crippen LogP contribution in [0.5, 0.6) is 0 Å². The van der Waals surface area contributed by atoms with Gasteiger partial charge in [0.05, 0.1) is 12.1 Å². The molecule has 102 valence electrons. The van der Waals surface area contributed by atoms with Crippen molar-refractivity contribution in [3.8, 4) is 0 Å². The van der Waals surface area contributed by atoms with Crippen molar-refractivity contribution in [2.75, 3.05) is 17.7 Å². The first-order valence-corrected chi connectivity index (χ1v) is 5.31. The van der Waals surface area contributed by atoms with Gasteiger partial charge < -0.3 is 16.2 Å². The number of nitrogens with zero attached hydrogens (tertiary/aromatic N) is 2. The van der Waals surface area contributed by atoms with Crippen molar-refractivity contribution in [3.63, 3.8) is 0 Å². The van der Waals surface area contributed by atoms with Gasteiger partial charge >= 0.3 is 6.18 Å². The number of nitrogens with two attached hydrogens (primary N) is 1. The Morgan fingerprint density at radius 2 is 2.00 bits per heavy atom. The molecule has 0 aliphatic rings. The van der Waals surface area contributed by atoms with Crippen molar-refractivity contribution in [1.82, 2.24) is 9.97 Å². The molecule has 0 aromatic carbocycles. The number of anilines is 2. The molecule has 0 aliphatic heterocycles. The number of halogens is 3. The number of nitrogen functional groups attached to an aromatic ring is 1. The summed E-state index contributed by atoms with van der Waals surface area (Å²) in [6.07, 6.45) is -4.08. The molecular weight excluding hydrogens is 249 g/mol. The van der Waals surface area contributed by atoms with E-state index in [4.69, 9.17) is 5.73 Å². The van der Waals surface area contributed by atoms with Gasteiger partial charge in [-0.15, -0.1) is 0 Å². The molecule has 0 spiro atoms. The number of aliphatic hydroxyl groups is 1. The Balaban J connectivity index is 3.08. The van der Waals surface area contributed by atoms with Crippen molar-refractivity contribution >= 4 is 11.8 Å². The molecule has 8 heteroatoms. The normalized spacial score (nSPS) is 15.2. The minimum absolute atomic E-state index is 0.0618. The number of hydrogen-bond acceptors (Lipinski definition) is 5. The van der Waals surface area contributed by atoms with Gasteiger partial charge in [-0.1, -0.05) is 6.92 Å². The van der Waals surface area contributed by atoms with E-state index >= 15 is 0 Å². The zero-order valence-electron chi connectivity index (χ0n) is 10.0. The van der Waals surface area contributed by atoms with Crippen LogP contribution in [0.2, 0.25) is 0 Å². The first kappa shape index (κ1) is 14.5. The van der Waals surface area contributed by atoms with Crippen LogP contribution < -0.4 is 11.1 Å². The van der Waals surface area contributed by atoms with Gasteiger partial charge in [-0.2, -0.15) is 18.2 Å². The summed E-state index contributed by atoms with van der Waals surface area (Å²) in [7, 11) is 0. The average Bonchev–Trinajstić information content (AvgIpc) is 2.27. The summed E-state index contributed by atoms with van der Waals surface area (Å²) in [4.78, 5) is 6.80. The Hall–Kier alpha value is -1.57. The van der Waals surface area contributed by atoms with Gasteiger partial charge in [-0.25, -0.2) is 4.98 Å². The second-order valence-corrected chi connectivity index (χ2v) is 4.19. The van der Waals surface area contributed by atoms with Gasteiger partial charge in [0.15, 0.2) is 5.69 Å². The van der Waals surface area contributed by atoms with Gasteiger partial charge in [0.2, 0.25) is 5.95 Å². The number of aromatic nitrogens is 2. The zero-order chi connectivity index (χ0) is 14.0. The SMILES string of the molecule is CCC(C)(CO)Nc1cc(C(F)(F)F)nc(N)n1. The first-order valence-electron chi connectivity index (χ1n) is 5.31. The molecule has 5 nitrogen and oxygen atoms in total. The molecule has 0 saturated heterocycles. The highest BCUT2D eigenvalue weighted by molar-refractivity contribution is 5.43. The first-order chi connectivity index (χ1) is 8.20. The fourth-order valence-corrected chi connectivity index (χ4v) is 1.22. The average molecular weight is 264 g/mol. The van der Waals surface area contributed by atoms with E-state index in [1.54, 1.807) is 13.8 Å². The van der Waals surface area contributed by atoms with E-state index in [0.717, 1.165) is 6.07 Å². The fraction of sp³-hybridized carbons (Fsp3) is 0.600.